The maximum absolute atomic E-state index is 14.2. The molecule has 1 aliphatic carbocycles. The lowest BCUT2D eigenvalue weighted by atomic mass is 10.1. The molecule has 2 aromatic rings. The van der Waals surface area contributed by atoms with Crippen molar-refractivity contribution >= 4 is 26.9 Å². The lowest BCUT2D eigenvalue weighted by molar-refractivity contribution is 0.331. The summed E-state index contributed by atoms with van der Waals surface area (Å²) in [5.74, 6) is -0.114. The van der Waals surface area contributed by atoms with Crippen LogP contribution in [0.15, 0.2) is 17.1 Å². The highest BCUT2D eigenvalue weighted by Gasteiger charge is 2.29. The number of nitrogens with zero attached hydrogens (tertiary/aromatic N) is 4. The van der Waals surface area contributed by atoms with Crippen molar-refractivity contribution in [2.45, 2.75) is 51.1 Å². The molecule has 1 saturated heterocycles. The zero-order valence-electron chi connectivity index (χ0n) is 16.6. The van der Waals surface area contributed by atoms with Gasteiger partial charge in [-0.15, -0.1) is 0 Å². The number of sulfonamides is 1. The predicted molar refractivity (Wildman–Crippen MR) is 109 cm³/mol. The van der Waals surface area contributed by atoms with Crippen LogP contribution in [0, 0.1) is 11.9 Å². The van der Waals surface area contributed by atoms with Gasteiger partial charge in [0.1, 0.15) is 11.3 Å². The molecule has 0 bridgehead atoms. The largest absolute Gasteiger partial charge is 0.367 e. The zero-order chi connectivity index (χ0) is 20.8. The molecule has 0 spiro atoms. The van der Waals surface area contributed by atoms with Crippen molar-refractivity contribution in [1.29, 1.82) is 0 Å². The number of aromatic nitrogens is 3. The highest BCUT2D eigenvalue weighted by atomic mass is 32.2. The second-order valence-corrected chi connectivity index (χ2v) is 10.2. The molecular weight excluding hydrogens is 397 g/mol. The van der Waals surface area contributed by atoms with Crippen molar-refractivity contribution < 1.29 is 12.8 Å². The Morgan fingerprint density at radius 2 is 1.93 bits per heavy atom. The molecule has 8 nitrogen and oxygen atoms in total. The molecule has 0 amide bonds. The van der Waals surface area contributed by atoms with E-state index in [1.165, 1.54) is 16.8 Å². The first-order valence-electron chi connectivity index (χ1n) is 10.0. The van der Waals surface area contributed by atoms with Gasteiger partial charge in [0.05, 0.1) is 18.0 Å². The summed E-state index contributed by atoms with van der Waals surface area (Å²) in [6.45, 7) is 3.01. The van der Waals surface area contributed by atoms with Gasteiger partial charge in [-0.3, -0.25) is 9.36 Å². The standard InChI is InChI=1S/C19H26FN5O3S/c1-12-4-3-5-15(12)25-16-10-17(21-11-14(16)23-18(20)19(25)26)22-13-6-8-24(9-7-13)29(2,27)28/h10-13,15H,3-9H2,1-2H3,(H,21,22)/t12-,15+/m0/s1. The van der Waals surface area contributed by atoms with Crippen LogP contribution in [0.4, 0.5) is 10.2 Å². The van der Waals surface area contributed by atoms with Gasteiger partial charge in [0.2, 0.25) is 10.0 Å². The number of hydrogen-bond donors (Lipinski definition) is 1. The highest BCUT2D eigenvalue weighted by Crippen LogP contribution is 2.36. The van der Waals surface area contributed by atoms with Gasteiger partial charge in [0.15, 0.2) is 0 Å². The molecule has 0 aromatic carbocycles. The third-order valence-electron chi connectivity index (χ3n) is 6.16. The van der Waals surface area contributed by atoms with E-state index in [1.54, 1.807) is 10.6 Å². The van der Waals surface area contributed by atoms with Crippen molar-refractivity contribution in [3.8, 4) is 0 Å². The Hall–Kier alpha value is -2.07. The number of hydrogen-bond acceptors (Lipinski definition) is 6. The average Bonchev–Trinajstić information content (AvgIpc) is 3.08. The van der Waals surface area contributed by atoms with E-state index in [2.05, 4.69) is 22.2 Å². The maximum atomic E-state index is 14.2. The van der Waals surface area contributed by atoms with Crippen LogP contribution in [0.5, 0.6) is 0 Å². The molecule has 2 atom stereocenters. The van der Waals surface area contributed by atoms with E-state index < -0.39 is 21.5 Å². The van der Waals surface area contributed by atoms with Gasteiger partial charge in [-0.25, -0.2) is 22.7 Å². The maximum Gasteiger partial charge on any atom is 0.306 e. The SMILES string of the molecule is C[C@H]1CCC[C@H]1n1c(=O)c(F)nc2cnc(NC3CCN(S(C)(=O)=O)CC3)cc21. The minimum atomic E-state index is -3.17. The third kappa shape index (κ3) is 4.00. The topological polar surface area (TPSA) is 97.2 Å². The van der Waals surface area contributed by atoms with E-state index >= 15 is 0 Å². The fourth-order valence-electron chi connectivity index (χ4n) is 4.54. The fraction of sp³-hybridized carbons (Fsp3) is 0.632. The summed E-state index contributed by atoms with van der Waals surface area (Å²) in [6.07, 6.45) is 6.91. The molecule has 2 aromatic heterocycles. The summed E-state index contributed by atoms with van der Waals surface area (Å²) in [5.41, 5.74) is 0.259. The molecule has 0 unspecified atom stereocenters. The number of halogens is 1. The van der Waals surface area contributed by atoms with Gasteiger partial charge in [-0.1, -0.05) is 13.3 Å². The lowest BCUT2D eigenvalue weighted by Crippen LogP contribution is -2.41. The zero-order valence-corrected chi connectivity index (χ0v) is 17.5. The summed E-state index contributed by atoms with van der Waals surface area (Å²) < 4.78 is 40.5. The molecule has 10 heteroatoms. The van der Waals surface area contributed by atoms with Gasteiger partial charge in [-0.05, 0) is 31.6 Å². The molecule has 1 N–H and O–H groups in total. The average molecular weight is 424 g/mol. The van der Waals surface area contributed by atoms with Gasteiger partial charge in [0, 0.05) is 31.2 Å². The Kier molecular flexibility index (Phi) is 5.32. The van der Waals surface area contributed by atoms with Crippen LogP contribution < -0.4 is 10.9 Å². The summed E-state index contributed by atoms with van der Waals surface area (Å²) in [6, 6.07) is 1.80. The Labute approximate surface area is 169 Å². The normalized spacial score (nSPS) is 24.2. The minimum Gasteiger partial charge on any atom is -0.367 e. The molecule has 158 valence electrons. The Morgan fingerprint density at radius 3 is 2.55 bits per heavy atom. The van der Waals surface area contributed by atoms with Crippen molar-refractivity contribution in [3.05, 3.63) is 28.6 Å². The molecule has 1 saturated carbocycles. The van der Waals surface area contributed by atoms with Crippen molar-refractivity contribution in [3.63, 3.8) is 0 Å². The van der Waals surface area contributed by atoms with Crippen LogP contribution in [-0.4, -0.2) is 52.6 Å². The molecular formula is C19H26FN5O3S. The minimum absolute atomic E-state index is 0.0456. The molecule has 0 radical (unpaired) electrons. The monoisotopic (exact) mass is 423 g/mol. The molecule has 4 rings (SSSR count). The Morgan fingerprint density at radius 1 is 1.21 bits per heavy atom. The summed E-state index contributed by atoms with van der Waals surface area (Å²) >= 11 is 0. The number of fused-ring (bicyclic) bond motifs is 1. The third-order valence-corrected chi connectivity index (χ3v) is 7.46. The van der Waals surface area contributed by atoms with Gasteiger partial charge < -0.3 is 5.32 Å². The quantitative estimate of drug-likeness (QED) is 0.809. The first-order valence-corrected chi connectivity index (χ1v) is 11.9. The van der Waals surface area contributed by atoms with Gasteiger partial charge >= 0.3 is 5.56 Å². The van der Waals surface area contributed by atoms with E-state index in [-0.39, 0.29) is 12.1 Å². The summed E-state index contributed by atoms with van der Waals surface area (Å²) in [7, 11) is -3.17. The predicted octanol–water partition coefficient (Wildman–Crippen LogP) is 2.13. The first kappa shape index (κ1) is 20.2. The van der Waals surface area contributed by atoms with Crippen LogP contribution >= 0.6 is 0 Å². The summed E-state index contributed by atoms with van der Waals surface area (Å²) in [5, 5.41) is 3.34. The molecule has 1 aliphatic heterocycles. The van der Waals surface area contributed by atoms with Crippen LogP contribution in [0.3, 0.4) is 0 Å². The van der Waals surface area contributed by atoms with Crippen molar-refractivity contribution in [1.82, 2.24) is 18.8 Å². The molecule has 2 fully saturated rings. The number of pyridine rings is 1. The van der Waals surface area contributed by atoms with Crippen LogP contribution in [-0.2, 0) is 10.0 Å². The number of rotatable bonds is 4. The van der Waals surface area contributed by atoms with Crippen LogP contribution in [0.1, 0.15) is 45.1 Å². The highest BCUT2D eigenvalue weighted by molar-refractivity contribution is 7.88. The van der Waals surface area contributed by atoms with Crippen LogP contribution in [0.25, 0.3) is 11.0 Å². The van der Waals surface area contributed by atoms with Crippen LogP contribution in [0.2, 0.25) is 0 Å². The lowest BCUT2D eigenvalue weighted by Gasteiger charge is -2.31. The Balaban J connectivity index is 1.62. The number of anilines is 1. The van der Waals surface area contributed by atoms with Gasteiger partial charge in [0.25, 0.3) is 5.95 Å². The van der Waals surface area contributed by atoms with E-state index in [0.29, 0.717) is 48.7 Å². The molecule has 2 aliphatic rings. The molecule has 29 heavy (non-hydrogen) atoms. The second-order valence-electron chi connectivity index (χ2n) is 8.19. The second kappa shape index (κ2) is 7.64. The van der Waals surface area contributed by atoms with E-state index in [9.17, 15) is 17.6 Å². The Bertz CT molecular complexity index is 1080. The first-order chi connectivity index (χ1) is 13.7. The number of piperidine rings is 1. The fourth-order valence-corrected chi connectivity index (χ4v) is 5.41. The van der Waals surface area contributed by atoms with Crippen molar-refractivity contribution in [2.24, 2.45) is 5.92 Å². The van der Waals surface area contributed by atoms with Gasteiger partial charge in [-0.2, -0.15) is 4.39 Å². The van der Waals surface area contributed by atoms with E-state index in [1.807, 2.05) is 0 Å². The van der Waals surface area contributed by atoms with Crippen molar-refractivity contribution in [2.75, 3.05) is 24.7 Å². The molecule has 3 heterocycles. The number of nitrogens with one attached hydrogen (secondary N) is 1. The summed E-state index contributed by atoms with van der Waals surface area (Å²) in [4.78, 5) is 20.7. The smallest absolute Gasteiger partial charge is 0.306 e. The van der Waals surface area contributed by atoms with E-state index in [0.717, 1.165) is 19.3 Å². The van der Waals surface area contributed by atoms with E-state index in [4.69, 9.17) is 0 Å².